The van der Waals surface area contributed by atoms with E-state index in [-0.39, 0.29) is 23.7 Å². The zero-order chi connectivity index (χ0) is 27.0. The number of amides is 1. The molecule has 1 saturated carbocycles. The zero-order valence-electron chi connectivity index (χ0n) is 23.5. The molecule has 2 aromatic rings. The van der Waals surface area contributed by atoms with Crippen LogP contribution in [0.25, 0.3) is 11.3 Å². The van der Waals surface area contributed by atoms with Crippen LogP contribution in [-0.4, -0.2) is 46.9 Å². The molecular formula is C29H43N5O3. The number of benzene rings is 1. The minimum absolute atomic E-state index is 0.103. The molecule has 2 aliphatic rings. The number of rotatable bonds is 6. The zero-order valence-corrected chi connectivity index (χ0v) is 23.5. The number of carbonyl (C=O) groups is 1. The van der Waals surface area contributed by atoms with Gasteiger partial charge in [-0.1, -0.05) is 13.8 Å². The number of ether oxygens (including phenoxy) is 2. The van der Waals surface area contributed by atoms with E-state index in [0.717, 1.165) is 73.5 Å². The lowest BCUT2D eigenvalue weighted by atomic mass is 9.71. The van der Waals surface area contributed by atoms with Gasteiger partial charge in [-0.15, -0.1) is 0 Å². The number of nitrogens with zero attached hydrogens (tertiary/aromatic N) is 3. The maximum absolute atomic E-state index is 12.2. The first kappa shape index (κ1) is 27.0. The largest absolute Gasteiger partial charge is 0.488 e. The fourth-order valence-electron chi connectivity index (χ4n) is 5.78. The van der Waals surface area contributed by atoms with Crippen molar-refractivity contribution in [1.82, 2.24) is 15.3 Å². The summed E-state index contributed by atoms with van der Waals surface area (Å²) in [6.45, 7) is 16.2. The van der Waals surface area contributed by atoms with E-state index in [1.807, 2.05) is 20.8 Å². The van der Waals surface area contributed by atoms with Gasteiger partial charge in [0.15, 0.2) is 0 Å². The van der Waals surface area contributed by atoms with Crippen LogP contribution in [0.15, 0.2) is 18.5 Å². The fourth-order valence-corrected chi connectivity index (χ4v) is 5.78. The highest BCUT2D eigenvalue weighted by Crippen LogP contribution is 2.49. The van der Waals surface area contributed by atoms with Gasteiger partial charge in [-0.25, -0.2) is 14.8 Å². The van der Waals surface area contributed by atoms with Crippen molar-refractivity contribution in [2.45, 2.75) is 104 Å². The molecule has 202 valence electrons. The maximum Gasteiger partial charge on any atom is 0.407 e. The van der Waals surface area contributed by atoms with Crippen molar-refractivity contribution in [3.8, 4) is 17.0 Å². The van der Waals surface area contributed by atoms with E-state index >= 15 is 0 Å². The van der Waals surface area contributed by atoms with Gasteiger partial charge in [0, 0.05) is 30.3 Å². The highest BCUT2D eigenvalue weighted by atomic mass is 16.6. The van der Waals surface area contributed by atoms with Gasteiger partial charge < -0.3 is 25.4 Å². The Balaban J connectivity index is 1.58. The molecule has 0 atom stereocenters. The lowest BCUT2D eigenvalue weighted by molar-refractivity contribution is 0.0471. The average Bonchev–Trinajstić information content (AvgIpc) is 2.80. The molecule has 1 fully saturated rings. The summed E-state index contributed by atoms with van der Waals surface area (Å²) < 4.78 is 12.1. The smallest absolute Gasteiger partial charge is 0.407 e. The summed E-state index contributed by atoms with van der Waals surface area (Å²) in [6, 6.07) is 4.34. The SMILES string of the molecule is CCN(CC)c1c(OC2CCC(NC(=O)OC(C)(C)C)CC2)ccc2c1CC(C)(C)c1c(N)ncnc1-2. The third kappa shape index (κ3) is 5.78. The number of aromatic nitrogens is 2. The van der Waals surface area contributed by atoms with Crippen molar-refractivity contribution in [2.24, 2.45) is 0 Å². The molecule has 2 aliphatic carbocycles. The van der Waals surface area contributed by atoms with Crippen LogP contribution in [0, 0.1) is 0 Å². The molecule has 0 bridgehead atoms. The number of fused-ring (bicyclic) bond motifs is 3. The van der Waals surface area contributed by atoms with Gasteiger partial charge in [0.1, 0.15) is 23.5 Å². The van der Waals surface area contributed by atoms with Crippen LogP contribution in [-0.2, 0) is 16.6 Å². The molecule has 0 radical (unpaired) electrons. The van der Waals surface area contributed by atoms with Crippen LogP contribution in [0.5, 0.6) is 5.75 Å². The van der Waals surface area contributed by atoms with Crippen LogP contribution in [0.2, 0.25) is 0 Å². The summed E-state index contributed by atoms with van der Waals surface area (Å²) in [5, 5.41) is 3.02. The first-order valence-corrected chi connectivity index (χ1v) is 13.6. The Morgan fingerprint density at radius 3 is 2.43 bits per heavy atom. The first-order chi connectivity index (χ1) is 17.4. The van der Waals surface area contributed by atoms with Gasteiger partial charge in [0.05, 0.1) is 17.5 Å². The van der Waals surface area contributed by atoms with Crippen LogP contribution in [0.3, 0.4) is 0 Å². The molecule has 4 rings (SSSR count). The molecule has 1 aromatic carbocycles. The molecule has 8 nitrogen and oxygen atoms in total. The molecule has 0 saturated heterocycles. The Morgan fingerprint density at radius 1 is 1.14 bits per heavy atom. The number of hydrogen-bond acceptors (Lipinski definition) is 7. The Kier molecular flexibility index (Phi) is 7.58. The third-order valence-electron chi connectivity index (χ3n) is 7.44. The van der Waals surface area contributed by atoms with Crippen LogP contribution >= 0.6 is 0 Å². The van der Waals surface area contributed by atoms with Gasteiger partial charge in [-0.2, -0.15) is 0 Å². The molecular weight excluding hydrogens is 466 g/mol. The predicted molar refractivity (Wildman–Crippen MR) is 148 cm³/mol. The van der Waals surface area contributed by atoms with E-state index < -0.39 is 5.60 Å². The Hall–Kier alpha value is -3.03. The number of nitrogen functional groups attached to an aromatic ring is 1. The monoisotopic (exact) mass is 509 g/mol. The normalized spacial score (nSPS) is 20.4. The highest BCUT2D eigenvalue weighted by Gasteiger charge is 2.37. The second-order valence-corrected chi connectivity index (χ2v) is 11.9. The standard InChI is InChI=1S/C29H43N5O3/c1-8-34(9-2)25-21-16-29(6,7)23-24(31-17-32-26(23)30)20(21)14-15-22(25)36-19-12-10-18(11-13-19)33-27(35)37-28(3,4)5/h14-15,17-19H,8-13,16H2,1-7H3,(H,33,35)(H2,30,31,32). The van der Waals surface area contributed by atoms with Gasteiger partial charge in [0.25, 0.3) is 0 Å². The van der Waals surface area contributed by atoms with E-state index in [9.17, 15) is 4.79 Å². The highest BCUT2D eigenvalue weighted by molar-refractivity contribution is 5.83. The quantitative estimate of drug-likeness (QED) is 0.521. The summed E-state index contributed by atoms with van der Waals surface area (Å²) >= 11 is 0. The molecule has 8 heteroatoms. The number of nitrogens with one attached hydrogen (secondary N) is 1. The molecule has 1 heterocycles. The first-order valence-electron chi connectivity index (χ1n) is 13.6. The summed E-state index contributed by atoms with van der Waals surface area (Å²) in [6.07, 6.45) is 5.65. The van der Waals surface area contributed by atoms with Gasteiger partial charge in [0.2, 0.25) is 0 Å². The number of carbonyl (C=O) groups excluding carboxylic acids is 1. The molecule has 1 aromatic heterocycles. The summed E-state index contributed by atoms with van der Waals surface area (Å²) in [7, 11) is 0. The molecule has 3 N–H and O–H groups in total. The van der Waals surface area contributed by atoms with Crippen molar-refractivity contribution in [1.29, 1.82) is 0 Å². The number of alkyl carbamates (subject to hydrolysis) is 1. The predicted octanol–water partition coefficient (Wildman–Crippen LogP) is 5.62. The van der Waals surface area contributed by atoms with E-state index in [1.54, 1.807) is 6.33 Å². The fraction of sp³-hybridized carbons (Fsp3) is 0.621. The Morgan fingerprint density at radius 2 is 1.81 bits per heavy atom. The molecule has 0 aliphatic heterocycles. The van der Waals surface area contributed by atoms with Crippen LogP contribution in [0.4, 0.5) is 16.3 Å². The number of nitrogens with two attached hydrogens (primary N) is 1. The minimum Gasteiger partial charge on any atom is -0.488 e. The van der Waals surface area contributed by atoms with Crippen molar-refractivity contribution in [3.05, 3.63) is 29.6 Å². The second-order valence-electron chi connectivity index (χ2n) is 11.9. The lowest BCUT2D eigenvalue weighted by Gasteiger charge is -2.38. The average molecular weight is 510 g/mol. The second kappa shape index (κ2) is 10.4. The van der Waals surface area contributed by atoms with Gasteiger partial charge >= 0.3 is 6.09 Å². The topological polar surface area (TPSA) is 103 Å². The van der Waals surface area contributed by atoms with Crippen molar-refractivity contribution in [3.63, 3.8) is 0 Å². The van der Waals surface area contributed by atoms with Crippen molar-refractivity contribution in [2.75, 3.05) is 23.7 Å². The third-order valence-corrected chi connectivity index (χ3v) is 7.44. The van der Waals surface area contributed by atoms with Gasteiger partial charge in [-0.05, 0) is 89.8 Å². The minimum atomic E-state index is -0.496. The van der Waals surface area contributed by atoms with E-state index in [4.69, 9.17) is 15.2 Å². The van der Waals surface area contributed by atoms with Gasteiger partial charge in [-0.3, -0.25) is 0 Å². The van der Waals surface area contributed by atoms with Crippen molar-refractivity contribution < 1.29 is 14.3 Å². The molecule has 0 unspecified atom stereocenters. The Labute approximate surface area is 221 Å². The Bertz CT molecular complexity index is 1130. The number of hydrogen-bond donors (Lipinski definition) is 2. The number of anilines is 2. The molecule has 37 heavy (non-hydrogen) atoms. The summed E-state index contributed by atoms with van der Waals surface area (Å²) in [4.78, 5) is 23.5. The maximum atomic E-state index is 12.2. The molecule has 0 spiro atoms. The van der Waals surface area contributed by atoms with E-state index in [2.05, 4.69) is 60.0 Å². The molecule has 1 amide bonds. The summed E-state index contributed by atoms with van der Waals surface area (Å²) in [5.74, 6) is 1.48. The van der Waals surface area contributed by atoms with E-state index in [0.29, 0.717) is 5.82 Å². The summed E-state index contributed by atoms with van der Waals surface area (Å²) in [5.41, 5.74) is 11.1. The lowest BCUT2D eigenvalue weighted by Crippen LogP contribution is -2.42. The van der Waals surface area contributed by atoms with Crippen LogP contribution in [0.1, 0.15) is 85.3 Å². The van der Waals surface area contributed by atoms with Crippen LogP contribution < -0.4 is 20.7 Å². The van der Waals surface area contributed by atoms with E-state index in [1.165, 1.54) is 5.56 Å². The van der Waals surface area contributed by atoms with Crippen molar-refractivity contribution >= 4 is 17.6 Å².